The van der Waals surface area contributed by atoms with Crippen LogP contribution in [0, 0.1) is 34.5 Å². The number of rotatable bonds is 6. The lowest BCUT2D eigenvalue weighted by atomic mass is 9.68. The first-order valence-electron chi connectivity index (χ1n) is 12.2. The second-order valence-electron chi connectivity index (χ2n) is 12.0. The number of hydrogen-bond acceptors (Lipinski definition) is 4. The van der Waals surface area contributed by atoms with Gasteiger partial charge in [0.25, 0.3) is 0 Å². The van der Waals surface area contributed by atoms with Gasteiger partial charge in [-0.2, -0.15) is 0 Å². The van der Waals surface area contributed by atoms with E-state index in [4.69, 9.17) is 9.47 Å². The molecule has 174 valence electrons. The molecular formula is C26H46O4. The van der Waals surface area contributed by atoms with E-state index in [-0.39, 0.29) is 24.0 Å². The Bertz CT molecular complexity index is 542. The van der Waals surface area contributed by atoms with Gasteiger partial charge in [-0.15, -0.1) is 0 Å². The van der Waals surface area contributed by atoms with E-state index in [1.807, 2.05) is 13.8 Å². The topological polar surface area (TPSA) is 52.6 Å². The Balaban J connectivity index is 1.83. The lowest BCUT2D eigenvalue weighted by Gasteiger charge is -2.40. The fraction of sp³-hybridized carbons (Fsp3) is 0.923. The van der Waals surface area contributed by atoms with Gasteiger partial charge in [-0.3, -0.25) is 0 Å². The summed E-state index contributed by atoms with van der Waals surface area (Å²) in [5.41, 5.74) is 0.693. The normalized spacial score (nSPS) is 29.9. The van der Waals surface area contributed by atoms with Crippen molar-refractivity contribution >= 4 is 11.9 Å². The molecule has 0 aromatic heterocycles. The van der Waals surface area contributed by atoms with E-state index >= 15 is 0 Å². The zero-order chi connectivity index (χ0) is 22.7. The largest absolute Gasteiger partial charge is 0.454 e. The Morgan fingerprint density at radius 1 is 0.700 bits per heavy atom. The van der Waals surface area contributed by atoms with Gasteiger partial charge in [0.15, 0.2) is 0 Å². The summed E-state index contributed by atoms with van der Waals surface area (Å²) in [4.78, 5) is 24.8. The second kappa shape index (κ2) is 10.0. The summed E-state index contributed by atoms with van der Waals surface area (Å²) in [7, 11) is 0. The Morgan fingerprint density at radius 3 is 1.33 bits per heavy atom. The first-order chi connectivity index (χ1) is 13.8. The fourth-order valence-corrected chi connectivity index (χ4v) is 5.83. The van der Waals surface area contributed by atoms with Crippen LogP contribution in [0.25, 0.3) is 0 Å². The smallest absolute Gasteiger partial charge is 0.417 e. The number of ether oxygens (including phenoxy) is 2. The molecule has 0 amide bonds. The van der Waals surface area contributed by atoms with Gasteiger partial charge in [0.05, 0.1) is 0 Å². The Hall–Kier alpha value is -1.06. The summed E-state index contributed by atoms with van der Waals surface area (Å²) in [6, 6.07) is 0. The van der Waals surface area contributed by atoms with Crippen molar-refractivity contribution < 1.29 is 19.1 Å². The summed E-state index contributed by atoms with van der Waals surface area (Å²) >= 11 is 0. The third kappa shape index (κ3) is 6.99. The molecule has 4 heteroatoms. The van der Waals surface area contributed by atoms with E-state index in [1.165, 1.54) is 38.5 Å². The molecule has 0 aromatic rings. The number of esters is 2. The first kappa shape index (κ1) is 25.2. The summed E-state index contributed by atoms with van der Waals surface area (Å²) in [5, 5.41) is 0. The molecule has 2 fully saturated rings. The van der Waals surface area contributed by atoms with E-state index in [1.54, 1.807) is 0 Å². The van der Waals surface area contributed by atoms with E-state index in [2.05, 4.69) is 41.5 Å². The molecular weight excluding hydrogens is 376 g/mol. The summed E-state index contributed by atoms with van der Waals surface area (Å²) in [6.07, 6.45) is 9.02. The van der Waals surface area contributed by atoms with Gasteiger partial charge >= 0.3 is 11.9 Å². The molecule has 4 nitrogen and oxygen atoms in total. The molecule has 30 heavy (non-hydrogen) atoms. The predicted octanol–water partition coefficient (Wildman–Crippen LogP) is 6.55. The van der Waals surface area contributed by atoms with Crippen LogP contribution in [0.15, 0.2) is 0 Å². The lowest BCUT2D eigenvalue weighted by molar-refractivity contribution is -0.177. The van der Waals surface area contributed by atoms with Gasteiger partial charge in [0.1, 0.15) is 12.2 Å². The van der Waals surface area contributed by atoms with Crippen molar-refractivity contribution in [1.29, 1.82) is 0 Å². The van der Waals surface area contributed by atoms with Crippen LogP contribution < -0.4 is 0 Å². The van der Waals surface area contributed by atoms with Crippen molar-refractivity contribution in [2.75, 3.05) is 0 Å². The van der Waals surface area contributed by atoms with Crippen LogP contribution in [0.1, 0.15) is 107 Å². The summed E-state index contributed by atoms with van der Waals surface area (Å²) < 4.78 is 11.1. The minimum Gasteiger partial charge on any atom is -0.454 e. The van der Waals surface area contributed by atoms with E-state index in [9.17, 15) is 9.59 Å². The number of carbonyl (C=O) groups is 2. The minimum atomic E-state index is -0.840. The molecule has 0 aliphatic heterocycles. The van der Waals surface area contributed by atoms with Gasteiger partial charge in [-0.05, 0) is 74.0 Å². The monoisotopic (exact) mass is 422 g/mol. The SMILES string of the molecule is CC(OC(=O)C(=O)OC(C)C(C)C1CCCC(C)(C)C1)C(C)C1CCCC(C)(C)C1. The maximum Gasteiger partial charge on any atom is 0.417 e. The van der Waals surface area contributed by atoms with Crippen LogP contribution in [-0.2, 0) is 19.1 Å². The fourth-order valence-electron chi connectivity index (χ4n) is 5.83. The average molecular weight is 423 g/mol. The molecule has 0 N–H and O–H groups in total. The molecule has 2 aliphatic rings. The van der Waals surface area contributed by atoms with Crippen LogP contribution >= 0.6 is 0 Å². The maximum atomic E-state index is 12.4. The van der Waals surface area contributed by atoms with Crippen LogP contribution in [0.3, 0.4) is 0 Å². The molecule has 6 unspecified atom stereocenters. The van der Waals surface area contributed by atoms with Crippen LogP contribution in [0.4, 0.5) is 0 Å². The molecule has 0 bridgehead atoms. The molecule has 0 radical (unpaired) electrons. The maximum absolute atomic E-state index is 12.4. The highest BCUT2D eigenvalue weighted by molar-refractivity contribution is 6.29. The first-order valence-corrected chi connectivity index (χ1v) is 12.2. The van der Waals surface area contributed by atoms with Crippen molar-refractivity contribution in [3.05, 3.63) is 0 Å². The molecule has 2 saturated carbocycles. The standard InChI is InChI=1S/C26H46O4/c1-17(21-11-9-13-25(5,6)15-21)19(3)29-23(27)24(28)30-20(4)18(2)22-12-10-14-26(7,8)16-22/h17-22H,9-16H2,1-8H3. The highest BCUT2D eigenvalue weighted by Crippen LogP contribution is 2.43. The average Bonchev–Trinajstić information content (AvgIpc) is 2.64. The summed E-state index contributed by atoms with van der Waals surface area (Å²) in [5.74, 6) is -0.147. The van der Waals surface area contributed by atoms with Crippen molar-refractivity contribution in [2.24, 2.45) is 34.5 Å². The van der Waals surface area contributed by atoms with Crippen LogP contribution in [-0.4, -0.2) is 24.1 Å². The van der Waals surface area contributed by atoms with Gasteiger partial charge in [-0.1, -0.05) is 67.2 Å². The number of hydrogen-bond donors (Lipinski definition) is 0. The molecule has 0 heterocycles. The Kier molecular flexibility index (Phi) is 8.43. The quantitative estimate of drug-likeness (QED) is 0.359. The van der Waals surface area contributed by atoms with Crippen LogP contribution in [0.5, 0.6) is 0 Å². The van der Waals surface area contributed by atoms with E-state index in [0.29, 0.717) is 22.7 Å². The van der Waals surface area contributed by atoms with Crippen LogP contribution in [0.2, 0.25) is 0 Å². The molecule has 0 spiro atoms. The van der Waals surface area contributed by atoms with E-state index < -0.39 is 11.9 Å². The van der Waals surface area contributed by atoms with Crippen molar-refractivity contribution in [3.8, 4) is 0 Å². The Labute approximate surface area is 184 Å². The molecule has 2 aliphatic carbocycles. The third-order valence-corrected chi connectivity index (χ3v) is 8.21. The van der Waals surface area contributed by atoms with Gasteiger partial charge < -0.3 is 9.47 Å². The van der Waals surface area contributed by atoms with Gasteiger partial charge in [0, 0.05) is 0 Å². The second-order valence-corrected chi connectivity index (χ2v) is 12.0. The molecule has 0 saturated heterocycles. The summed E-state index contributed by atoms with van der Waals surface area (Å²) in [6.45, 7) is 17.4. The highest BCUT2D eigenvalue weighted by atomic mass is 16.6. The third-order valence-electron chi connectivity index (χ3n) is 8.21. The zero-order valence-electron chi connectivity index (χ0n) is 20.8. The van der Waals surface area contributed by atoms with Crippen molar-refractivity contribution in [1.82, 2.24) is 0 Å². The Morgan fingerprint density at radius 2 is 1.03 bits per heavy atom. The van der Waals surface area contributed by atoms with E-state index in [0.717, 1.165) is 12.8 Å². The zero-order valence-corrected chi connectivity index (χ0v) is 20.8. The van der Waals surface area contributed by atoms with Crippen molar-refractivity contribution in [2.45, 2.75) is 119 Å². The molecule has 6 atom stereocenters. The molecule has 0 aromatic carbocycles. The van der Waals surface area contributed by atoms with Gasteiger partial charge in [0.2, 0.25) is 0 Å². The number of carbonyl (C=O) groups excluding carboxylic acids is 2. The molecule has 2 rings (SSSR count). The highest BCUT2D eigenvalue weighted by Gasteiger charge is 2.37. The lowest BCUT2D eigenvalue weighted by Crippen LogP contribution is -2.37. The minimum absolute atomic E-state index is 0.238. The van der Waals surface area contributed by atoms with Gasteiger partial charge in [-0.25, -0.2) is 9.59 Å². The predicted molar refractivity (Wildman–Crippen MR) is 121 cm³/mol. The van der Waals surface area contributed by atoms with Crippen molar-refractivity contribution in [3.63, 3.8) is 0 Å².